The first-order chi connectivity index (χ1) is 18.7. The molecule has 0 aliphatic carbocycles. The lowest BCUT2D eigenvalue weighted by Crippen LogP contribution is -2.49. The number of carbonyl (C=O) groups excluding carboxylic acids is 1. The van der Waals surface area contributed by atoms with Gasteiger partial charge in [-0.3, -0.25) is 9.59 Å². The highest BCUT2D eigenvalue weighted by Crippen LogP contribution is 2.35. The zero-order chi connectivity index (χ0) is 27.7. The van der Waals surface area contributed by atoms with E-state index in [1.807, 2.05) is 48.7 Å². The predicted molar refractivity (Wildman–Crippen MR) is 150 cm³/mol. The van der Waals surface area contributed by atoms with E-state index < -0.39 is 0 Å². The van der Waals surface area contributed by atoms with Gasteiger partial charge in [0.1, 0.15) is 17.4 Å². The second kappa shape index (κ2) is 11.1. The van der Waals surface area contributed by atoms with Crippen molar-refractivity contribution in [1.82, 2.24) is 19.7 Å². The molecule has 0 saturated carbocycles. The van der Waals surface area contributed by atoms with Gasteiger partial charge in [0, 0.05) is 25.2 Å². The van der Waals surface area contributed by atoms with Crippen molar-refractivity contribution in [3.05, 3.63) is 98.7 Å². The topological polar surface area (TPSA) is 77.3 Å². The van der Waals surface area contributed by atoms with Crippen LogP contribution in [0.15, 0.2) is 65.6 Å². The fourth-order valence-electron chi connectivity index (χ4n) is 4.79. The van der Waals surface area contributed by atoms with Gasteiger partial charge < -0.3 is 14.2 Å². The molecular formula is C30H31FN4O3S. The van der Waals surface area contributed by atoms with E-state index in [0.29, 0.717) is 28.5 Å². The summed E-state index contributed by atoms with van der Waals surface area (Å²) in [5.74, 6) is -0.290. The molecule has 1 aliphatic heterocycles. The molecule has 4 aromatic rings. The average Bonchev–Trinajstić information content (AvgIpc) is 3.37. The van der Waals surface area contributed by atoms with Crippen molar-refractivity contribution < 1.29 is 13.9 Å². The summed E-state index contributed by atoms with van der Waals surface area (Å²) in [7, 11) is 0. The van der Waals surface area contributed by atoms with Crippen molar-refractivity contribution >= 4 is 17.2 Å². The Labute approximate surface area is 230 Å². The number of hydrogen-bond donors (Lipinski definition) is 0. The molecule has 1 aliphatic rings. The number of rotatable bonds is 8. The fraction of sp³-hybridized carbons (Fsp3) is 0.333. The zero-order valence-electron chi connectivity index (χ0n) is 22.4. The molecule has 0 N–H and O–H groups in total. The molecule has 1 amide bonds. The standard InChI is InChI=1S/C30H31FN4O3S/c1-18(2)24-16-34(19(3)4)30(37)26-28(38-17-21-8-6-5-7-9-21)27(36)23(15-35(24)26)29-33-32-25(39-29)14-20-10-12-22(31)13-11-20/h5-13,15,18-19,24H,14,16-17H2,1-4H3/t24-/m1/s1. The van der Waals surface area contributed by atoms with Crippen LogP contribution in [0.5, 0.6) is 5.75 Å². The fourth-order valence-corrected chi connectivity index (χ4v) is 5.67. The lowest BCUT2D eigenvalue weighted by molar-refractivity contribution is 0.0564. The summed E-state index contributed by atoms with van der Waals surface area (Å²) in [6.07, 6.45) is 2.22. The van der Waals surface area contributed by atoms with Gasteiger partial charge in [0.2, 0.25) is 5.43 Å². The number of fused-ring (bicyclic) bond motifs is 1. The van der Waals surface area contributed by atoms with Crippen molar-refractivity contribution in [3.8, 4) is 16.3 Å². The molecule has 202 valence electrons. The summed E-state index contributed by atoms with van der Waals surface area (Å²) >= 11 is 1.31. The van der Waals surface area contributed by atoms with E-state index in [-0.39, 0.29) is 53.2 Å². The minimum Gasteiger partial charge on any atom is -0.483 e. The number of aromatic nitrogens is 3. The van der Waals surface area contributed by atoms with Crippen molar-refractivity contribution in [1.29, 1.82) is 0 Å². The minimum absolute atomic E-state index is 0.0264. The van der Waals surface area contributed by atoms with Gasteiger partial charge in [-0.15, -0.1) is 10.2 Å². The van der Waals surface area contributed by atoms with Gasteiger partial charge in [0.05, 0.1) is 11.6 Å². The van der Waals surface area contributed by atoms with Crippen LogP contribution < -0.4 is 10.2 Å². The Bertz CT molecular complexity index is 1530. The number of amides is 1. The molecule has 3 heterocycles. The van der Waals surface area contributed by atoms with Crippen LogP contribution in [0.25, 0.3) is 10.6 Å². The van der Waals surface area contributed by atoms with E-state index >= 15 is 0 Å². The van der Waals surface area contributed by atoms with Gasteiger partial charge in [-0.1, -0.05) is 67.6 Å². The molecule has 39 heavy (non-hydrogen) atoms. The first-order valence-electron chi connectivity index (χ1n) is 13.1. The molecule has 2 aromatic heterocycles. The molecule has 9 heteroatoms. The highest BCUT2D eigenvalue weighted by atomic mass is 32.1. The predicted octanol–water partition coefficient (Wildman–Crippen LogP) is 5.74. The molecule has 0 fully saturated rings. The summed E-state index contributed by atoms with van der Waals surface area (Å²) in [5.41, 5.74) is 2.02. The van der Waals surface area contributed by atoms with Crippen LogP contribution in [-0.2, 0) is 13.0 Å². The minimum atomic E-state index is -0.386. The Kier molecular flexibility index (Phi) is 7.61. The molecule has 0 radical (unpaired) electrons. The molecule has 0 spiro atoms. The lowest BCUT2D eigenvalue weighted by Gasteiger charge is -2.40. The Morgan fingerprint density at radius 1 is 1.00 bits per heavy atom. The third-order valence-corrected chi connectivity index (χ3v) is 7.94. The molecule has 7 nitrogen and oxygen atoms in total. The van der Waals surface area contributed by atoms with Crippen molar-refractivity contribution in [2.24, 2.45) is 5.92 Å². The van der Waals surface area contributed by atoms with Gasteiger partial charge in [-0.25, -0.2) is 4.39 Å². The summed E-state index contributed by atoms with van der Waals surface area (Å²) in [5, 5.41) is 9.79. The van der Waals surface area contributed by atoms with E-state index in [1.54, 1.807) is 23.2 Å². The number of pyridine rings is 1. The van der Waals surface area contributed by atoms with Crippen LogP contribution in [0.1, 0.15) is 60.4 Å². The highest BCUT2D eigenvalue weighted by Gasteiger charge is 2.38. The molecule has 0 bridgehead atoms. The summed E-state index contributed by atoms with van der Waals surface area (Å²) in [6, 6.07) is 15.7. The van der Waals surface area contributed by atoms with E-state index in [0.717, 1.165) is 11.1 Å². The van der Waals surface area contributed by atoms with Gasteiger partial charge in [-0.2, -0.15) is 0 Å². The van der Waals surface area contributed by atoms with E-state index in [2.05, 4.69) is 24.0 Å². The van der Waals surface area contributed by atoms with Crippen molar-refractivity contribution in [2.45, 2.75) is 52.8 Å². The maximum atomic E-state index is 14.0. The van der Waals surface area contributed by atoms with Crippen LogP contribution >= 0.6 is 11.3 Å². The van der Waals surface area contributed by atoms with Gasteiger partial charge >= 0.3 is 0 Å². The maximum absolute atomic E-state index is 14.0. The Balaban J connectivity index is 1.61. The van der Waals surface area contributed by atoms with Crippen LogP contribution in [0.2, 0.25) is 0 Å². The number of nitrogens with zero attached hydrogens (tertiary/aromatic N) is 4. The molecule has 0 saturated heterocycles. The molecule has 5 rings (SSSR count). The summed E-state index contributed by atoms with van der Waals surface area (Å²) < 4.78 is 21.4. The summed E-state index contributed by atoms with van der Waals surface area (Å²) in [4.78, 5) is 29.5. The second-order valence-electron chi connectivity index (χ2n) is 10.4. The number of carbonyl (C=O) groups is 1. The smallest absolute Gasteiger partial charge is 0.274 e. The maximum Gasteiger partial charge on any atom is 0.274 e. The van der Waals surface area contributed by atoms with Gasteiger partial charge in [-0.05, 0) is 43.0 Å². The third-order valence-electron chi connectivity index (χ3n) is 6.98. The molecular weight excluding hydrogens is 515 g/mol. The Hall–Kier alpha value is -3.85. The first kappa shape index (κ1) is 26.7. The van der Waals surface area contributed by atoms with Crippen molar-refractivity contribution in [2.75, 3.05) is 6.54 Å². The molecule has 0 unspecified atom stereocenters. The number of ether oxygens (including phenoxy) is 1. The SMILES string of the molecule is CC(C)[C@H]1CN(C(C)C)C(=O)c2c(OCc3ccccc3)c(=O)c(-c3nnc(Cc4ccc(F)cc4)s3)cn21. The van der Waals surface area contributed by atoms with E-state index in [1.165, 1.54) is 23.5 Å². The normalized spacial score (nSPS) is 15.2. The first-order valence-corrected chi connectivity index (χ1v) is 13.9. The average molecular weight is 547 g/mol. The van der Waals surface area contributed by atoms with Gasteiger partial charge in [0.25, 0.3) is 5.91 Å². The second-order valence-corrected chi connectivity index (χ2v) is 11.5. The zero-order valence-corrected chi connectivity index (χ0v) is 23.2. The highest BCUT2D eigenvalue weighted by molar-refractivity contribution is 7.14. The van der Waals surface area contributed by atoms with E-state index in [9.17, 15) is 14.0 Å². The summed E-state index contributed by atoms with van der Waals surface area (Å²) in [6.45, 7) is 8.86. The third kappa shape index (κ3) is 5.49. The largest absolute Gasteiger partial charge is 0.483 e. The quantitative estimate of drug-likeness (QED) is 0.282. The van der Waals surface area contributed by atoms with E-state index in [4.69, 9.17) is 4.74 Å². The number of hydrogen-bond acceptors (Lipinski definition) is 6. The van der Waals surface area contributed by atoms with Crippen molar-refractivity contribution in [3.63, 3.8) is 0 Å². The Morgan fingerprint density at radius 3 is 2.38 bits per heavy atom. The molecule has 2 aromatic carbocycles. The molecule has 1 atom stereocenters. The van der Waals surface area contributed by atoms with Crippen LogP contribution in [0.4, 0.5) is 4.39 Å². The Morgan fingerprint density at radius 2 is 1.72 bits per heavy atom. The lowest BCUT2D eigenvalue weighted by atomic mass is 9.98. The van der Waals surface area contributed by atoms with Gasteiger partial charge in [0.15, 0.2) is 16.5 Å². The number of halogens is 1. The van der Waals surface area contributed by atoms with Crippen LogP contribution in [0, 0.1) is 11.7 Å². The monoisotopic (exact) mass is 546 g/mol. The number of benzene rings is 2. The van der Waals surface area contributed by atoms with Crippen LogP contribution in [-0.4, -0.2) is 38.2 Å². The van der Waals surface area contributed by atoms with Crippen LogP contribution in [0.3, 0.4) is 0 Å².